The summed E-state index contributed by atoms with van der Waals surface area (Å²) in [5, 5.41) is 0. The Hall–Kier alpha value is -0.830. The second-order valence-electron chi connectivity index (χ2n) is 3.00. The Morgan fingerprint density at radius 3 is 2.25 bits per heavy atom. The molecule has 0 unspecified atom stereocenters. The largest absolute Gasteiger partial charge is 0.368 e. The molecule has 2 rings (SSSR count). The Labute approximate surface area is 77.8 Å². The predicted octanol–water partition coefficient (Wildman–Crippen LogP) is 1.75. The molecule has 0 aromatic carbocycles. The molecule has 4 heteroatoms. The third-order valence-corrected chi connectivity index (χ3v) is 2.27. The molecular weight excluding hydrogens is 174 g/mol. The molecule has 1 aromatic rings. The molecule has 0 saturated heterocycles. The summed E-state index contributed by atoms with van der Waals surface area (Å²) in [7, 11) is 0. The van der Waals surface area contributed by atoms with Crippen LogP contribution in [0.3, 0.4) is 0 Å². The summed E-state index contributed by atoms with van der Waals surface area (Å²) < 4.78 is 0. The molecule has 0 spiro atoms. The van der Waals surface area contributed by atoms with Gasteiger partial charge in [-0.05, 0) is 24.3 Å². The number of nitrogen functional groups attached to an aromatic ring is 1. The maximum absolute atomic E-state index is 5.36. The fourth-order valence-electron chi connectivity index (χ4n) is 1.30. The summed E-state index contributed by atoms with van der Waals surface area (Å²) in [6, 6.07) is 0. The van der Waals surface area contributed by atoms with Gasteiger partial charge in [-0.15, -0.1) is 12.4 Å². The van der Waals surface area contributed by atoms with E-state index >= 15 is 0 Å². The molecule has 0 atom stereocenters. The summed E-state index contributed by atoms with van der Waals surface area (Å²) in [5.41, 5.74) is 6.61. The number of nitrogens with two attached hydrogens (primary N) is 1. The average molecular weight is 186 g/mol. The Bertz CT molecular complexity index is 243. The van der Waals surface area contributed by atoms with Crippen molar-refractivity contribution in [2.24, 2.45) is 0 Å². The van der Waals surface area contributed by atoms with Crippen molar-refractivity contribution < 1.29 is 0 Å². The second-order valence-corrected chi connectivity index (χ2v) is 3.00. The second kappa shape index (κ2) is 3.72. The van der Waals surface area contributed by atoms with Gasteiger partial charge in [0.25, 0.3) is 0 Å². The summed E-state index contributed by atoms with van der Waals surface area (Å²) in [6.07, 6.45) is 7.59. The predicted molar refractivity (Wildman–Crippen MR) is 50.3 cm³/mol. The van der Waals surface area contributed by atoms with Gasteiger partial charge in [-0.25, -0.2) is 9.97 Å². The van der Waals surface area contributed by atoms with Gasteiger partial charge in [0.1, 0.15) is 0 Å². The van der Waals surface area contributed by atoms with Gasteiger partial charge in [0.2, 0.25) is 5.95 Å². The van der Waals surface area contributed by atoms with E-state index in [0.29, 0.717) is 11.9 Å². The van der Waals surface area contributed by atoms with Gasteiger partial charge >= 0.3 is 0 Å². The molecule has 1 heterocycles. The van der Waals surface area contributed by atoms with E-state index in [0.717, 1.165) is 0 Å². The summed E-state index contributed by atoms with van der Waals surface area (Å²) in [5.74, 6) is 1.07. The Kier molecular flexibility index (Phi) is 2.87. The van der Waals surface area contributed by atoms with Crippen LogP contribution in [0, 0.1) is 0 Å². The lowest BCUT2D eigenvalue weighted by atomic mass is 9.81. The highest BCUT2D eigenvalue weighted by Gasteiger charge is 2.19. The monoisotopic (exact) mass is 185 g/mol. The number of hydrogen-bond donors (Lipinski definition) is 1. The third kappa shape index (κ3) is 1.67. The number of aromatic nitrogens is 2. The molecule has 1 fully saturated rings. The highest BCUT2D eigenvalue weighted by molar-refractivity contribution is 5.85. The number of hydrogen-bond acceptors (Lipinski definition) is 3. The Morgan fingerprint density at radius 2 is 1.83 bits per heavy atom. The first-order chi connectivity index (χ1) is 5.36. The van der Waals surface area contributed by atoms with Crippen LogP contribution in [0.1, 0.15) is 30.7 Å². The van der Waals surface area contributed by atoms with E-state index in [2.05, 4.69) is 9.97 Å². The molecule has 2 N–H and O–H groups in total. The van der Waals surface area contributed by atoms with E-state index in [1.165, 1.54) is 24.8 Å². The van der Waals surface area contributed by atoms with E-state index < -0.39 is 0 Å². The number of rotatable bonds is 1. The average Bonchev–Trinajstić information content (AvgIpc) is 1.90. The Balaban J connectivity index is 0.000000720. The molecule has 1 saturated carbocycles. The van der Waals surface area contributed by atoms with Gasteiger partial charge in [0.05, 0.1) is 0 Å². The summed E-state index contributed by atoms with van der Waals surface area (Å²) in [6.45, 7) is 0. The maximum atomic E-state index is 5.36. The SMILES string of the molecule is Cl.Nc1ncc(C2CCC2)cn1. The van der Waals surface area contributed by atoms with Crippen molar-refractivity contribution in [1.82, 2.24) is 9.97 Å². The van der Waals surface area contributed by atoms with E-state index in [1.54, 1.807) is 0 Å². The summed E-state index contributed by atoms with van der Waals surface area (Å²) >= 11 is 0. The van der Waals surface area contributed by atoms with Gasteiger partial charge in [0.15, 0.2) is 0 Å². The molecule has 0 bridgehead atoms. The molecule has 1 aliphatic carbocycles. The van der Waals surface area contributed by atoms with Crippen molar-refractivity contribution in [2.45, 2.75) is 25.2 Å². The van der Waals surface area contributed by atoms with Gasteiger partial charge in [-0.2, -0.15) is 0 Å². The highest BCUT2D eigenvalue weighted by atomic mass is 35.5. The minimum Gasteiger partial charge on any atom is -0.368 e. The van der Waals surface area contributed by atoms with Crippen LogP contribution in [-0.4, -0.2) is 9.97 Å². The van der Waals surface area contributed by atoms with Crippen molar-refractivity contribution in [3.05, 3.63) is 18.0 Å². The first-order valence-electron chi connectivity index (χ1n) is 3.93. The molecule has 12 heavy (non-hydrogen) atoms. The van der Waals surface area contributed by atoms with Crippen LogP contribution >= 0.6 is 12.4 Å². The molecule has 0 amide bonds. The number of nitrogens with zero attached hydrogens (tertiary/aromatic N) is 2. The normalized spacial score (nSPS) is 16.3. The molecular formula is C8H12ClN3. The molecule has 1 aromatic heterocycles. The zero-order valence-corrected chi connectivity index (χ0v) is 7.55. The van der Waals surface area contributed by atoms with E-state index in [-0.39, 0.29) is 12.4 Å². The maximum Gasteiger partial charge on any atom is 0.219 e. The van der Waals surface area contributed by atoms with Gasteiger partial charge in [-0.1, -0.05) is 6.42 Å². The van der Waals surface area contributed by atoms with Crippen molar-refractivity contribution in [3.63, 3.8) is 0 Å². The molecule has 66 valence electrons. The van der Waals surface area contributed by atoms with Crippen LogP contribution in [0.5, 0.6) is 0 Å². The molecule has 0 aliphatic heterocycles. The Morgan fingerprint density at radius 1 is 1.25 bits per heavy atom. The lowest BCUT2D eigenvalue weighted by Gasteiger charge is -2.24. The van der Waals surface area contributed by atoms with E-state index in [9.17, 15) is 0 Å². The zero-order chi connectivity index (χ0) is 7.68. The van der Waals surface area contributed by atoms with Crippen molar-refractivity contribution in [2.75, 3.05) is 5.73 Å². The standard InChI is InChI=1S/C8H11N3.ClH/c9-8-10-4-7(5-11-8)6-2-1-3-6;/h4-6H,1-3H2,(H2,9,10,11);1H. The first kappa shape index (κ1) is 9.26. The minimum absolute atomic E-state index is 0. The number of halogens is 1. The molecule has 3 nitrogen and oxygen atoms in total. The smallest absolute Gasteiger partial charge is 0.219 e. The van der Waals surface area contributed by atoms with Gasteiger partial charge in [-0.3, -0.25) is 0 Å². The fraction of sp³-hybridized carbons (Fsp3) is 0.500. The van der Waals surface area contributed by atoms with Crippen molar-refractivity contribution >= 4 is 18.4 Å². The first-order valence-corrected chi connectivity index (χ1v) is 3.93. The molecule has 1 aliphatic rings. The van der Waals surface area contributed by atoms with Crippen LogP contribution in [0.15, 0.2) is 12.4 Å². The van der Waals surface area contributed by atoms with E-state index in [4.69, 9.17) is 5.73 Å². The zero-order valence-electron chi connectivity index (χ0n) is 6.73. The quantitative estimate of drug-likeness (QED) is 0.725. The van der Waals surface area contributed by atoms with Gasteiger partial charge < -0.3 is 5.73 Å². The number of anilines is 1. The van der Waals surface area contributed by atoms with Crippen LogP contribution < -0.4 is 5.73 Å². The van der Waals surface area contributed by atoms with Crippen molar-refractivity contribution in [3.8, 4) is 0 Å². The van der Waals surface area contributed by atoms with Crippen molar-refractivity contribution in [1.29, 1.82) is 0 Å². The van der Waals surface area contributed by atoms with Crippen LogP contribution in [0.2, 0.25) is 0 Å². The van der Waals surface area contributed by atoms with Crippen LogP contribution in [-0.2, 0) is 0 Å². The van der Waals surface area contributed by atoms with Gasteiger partial charge in [0, 0.05) is 12.4 Å². The van der Waals surface area contributed by atoms with E-state index in [1.807, 2.05) is 12.4 Å². The third-order valence-electron chi connectivity index (χ3n) is 2.27. The minimum atomic E-state index is 0. The lowest BCUT2D eigenvalue weighted by molar-refractivity contribution is 0.418. The topological polar surface area (TPSA) is 51.8 Å². The van der Waals surface area contributed by atoms with Crippen LogP contribution in [0.25, 0.3) is 0 Å². The van der Waals surface area contributed by atoms with Crippen LogP contribution in [0.4, 0.5) is 5.95 Å². The lowest BCUT2D eigenvalue weighted by Crippen LogP contribution is -2.09. The summed E-state index contributed by atoms with van der Waals surface area (Å²) in [4.78, 5) is 7.90. The highest BCUT2D eigenvalue weighted by Crippen LogP contribution is 2.35. The molecule has 0 radical (unpaired) electrons. The fourth-order valence-corrected chi connectivity index (χ4v) is 1.30.